The van der Waals surface area contributed by atoms with Gasteiger partial charge in [-0.05, 0) is 12.2 Å². The highest BCUT2D eigenvalue weighted by molar-refractivity contribution is 7.78. The van der Waals surface area contributed by atoms with E-state index in [2.05, 4.69) is 22.4 Å². The van der Waals surface area contributed by atoms with Gasteiger partial charge < -0.3 is 23.7 Å². The van der Waals surface area contributed by atoms with Gasteiger partial charge in [-0.2, -0.15) is 4.99 Å². The molecule has 1 heterocycles. The molecule has 0 aromatic heterocycles. The van der Waals surface area contributed by atoms with Gasteiger partial charge in [0.25, 0.3) is 0 Å². The molecule has 1 saturated heterocycles. The largest absolute Gasteiger partial charge is 0.463 e. The number of thiocarbonyl (C=S) groups is 1. The van der Waals surface area contributed by atoms with Crippen LogP contribution in [0.25, 0.3) is 0 Å². The van der Waals surface area contributed by atoms with Crippen molar-refractivity contribution < 1.29 is 42.9 Å². The Labute approximate surface area is 154 Å². The van der Waals surface area contributed by atoms with Crippen LogP contribution in [0.5, 0.6) is 0 Å². The molecule has 0 bridgehead atoms. The number of isothiocyanates is 1. The van der Waals surface area contributed by atoms with E-state index < -0.39 is 54.5 Å². The second-order valence-electron chi connectivity index (χ2n) is 5.31. The Balaban J connectivity index is 3.28. The highest BCUT2D eigenvalue weighted by Crippen LogP contribution is 2.29. The van der Waals surface area contributed by atoms with Gasteiger partial charge in [-0.15, -0.1) is 0 Å². The third kappa shape index (κ3) is 6.51. The topological polar surface area (TPSA) is 127 Å². The van der Waals surface area contributed by atoms with E-state index in [4.69, 9.17) is 23.7 Å². The number of carbonyl (C=O) groups is 4. The number of esters is 4. The van der Waals surface area contributed by atoms with Crippen molar-refractivity contribution in [3.8, 4) is 0 Å². The summed E-state index contributed by atoms with van der Waals surface area (Å²) in [6, 6.07) is 0. The fourth-order valence-electron chi connectivity index (χ4n) is 2.36. The molecule has 0 aromatic carbocycles. The number of hydrogen-bond acceptors (Lipinski definition) is 11. The second kappa shape index (κ2) is 9.95. The maximum atomic E-state index is 11.5. The highest BCUT2D eigenvalue weighted by Gasteiger charge is 2.52. The van der Waals surface area contributed by atoms with E-state index in [1.807, 2.05) is 0 Å². The van der Waals surface area contributed by atoms with E-state index in [0.29, 0.717) is 0 Å². The lowest BCUT2D eigenvalue weighted by atomic mass is 9.97. The second-order valence-corrected chi connectivity index (χ2v) is 5.49. The lowest BCUT2D eigenvalue weighted by molar-refractivity contribution is -0.250. The fourth-order valence-corrected chi connectivity index (χ4v) is 2.47. The smallest absolute Gasteiger partial charge is 0.303 e. The van der Waals surface area contributed by atoms with Crippen LogP contribution in [0.1, 0.15) is 27.7 Å². The summed E-state index contributed by atoms with van der Waals surface area (Å²) in [6.45, 7) is 4.26. The van der Waals surface area contributed by atoms with E-state index in [1.165, 1.54) is 6.92 Å². The van der Waals surface area contributed by atoms with Crippen molar-refractivity contribution in [2.75, 3.05) is 6.61 Å². The predicted octanol–water partition coefficient (Wildman–Crippen LogP) is 0.172. The molecule has 5 atom stereocenters. The molecular formula is C15H19NO9S. The minimum atomic E-state index is -1.26. The summed E-state index contributed by atoms with van der Waals surface area (Å²) in [5.41, 5.74) is 0. The fraction of sp³-hybridized carbons (Fsp3) is 0.667. The first-order valence-electron chi connectivity index (χ1n) is 7.53. The summed E-state index contributed by atoms with van der Waals surface area (Å²) < 4.78 is 26.0. The van der Waals surface area contributed by atoms with Crippen LogP contribution in [-0.4, -0.2) is 66.3 Å². The molecule has 1 rings (SSSR count). The van der Waals surface area contributed by atoms with Crippen molar-refractivity contribution in [1.82, 2.24) is 0 Å². The molecular weight excluding hydrogens is 370 g/mol. The molecule has 0 aromatic rings. The Morgan fingerprint density at radius 1 is 0.885 bits per heavy atom. The van der Waals surface area contributed by atoms with Gasteiger partial charge in [-0.25, -0.2) is 0 Å². The van der Waals surface area contributed by atoms with Gasteiger partial charge in [0.15, 0.2) is 24.5 Å². The molecule has 1 aliphatic rings. The van der Waals surface area contributed by atoms with Gasteiger partial charge in [0.1, 0.15) is 12.7 Å². The Kier molecular flexibility index (Phi) is 8.30. The van der Waals surface area contributed by atoms with Crippen molar-refractivity contribution in [3.05, 3.63) is 0 Å². The molecule has 0 amide bonds. The van der Waals surface area contributed by atoms with Crippen LogP contribution in [0.15, 0.2) is 4.99 Å². The SMILES string of the molecule is CC(=O)OC[C@H]1O[C@@H](N=C=S)[C@@H](OC(C)=O)[C@@H](OC(C)=O)[C@H]1OC(C)=O. The molecule has 26 heavy (non-hydrogen) atoms. The van der Waals surface area contributed by atoms with Crippen LogP contribution in [0.2, 0.25) is 0 Å². The van der Waals surface area contributed by atoms with Crippen molar-refractivity contribution in [1.29, 1.82) is 0 Å². The Morgan fingerprint density at radius 2 is 1.38 bits per heavy atom. The molecule has 0 unspecified atom stereocenters. The van der Waals surface area contributed by atoms with Crippen LogP contribution in [-0.2, 0) is 42.9 Å². The van der Waals surface area contributed by atoms with Crippen LogP contribution in [0, 0.1) is 0 Å². The van der Waals surface area contributed by atoms with Crippen LogP contribution >= 0.6 is 12.2 Å². The van der Waals surface area contributed by atoms with Crippen molar-refractivity contribution in [3.63, 3.8) is 0 Å². The predicted molar refractivity (Wildman–Crippen MR) is 87.0 cm³/mol. The molecule has 1 fully saturated rings. The molecule has 0 radical (unpaired) electrons. The summed E-state index contributed by atoms with van der Waals surface area (Å²) in [6.07, 6.45) is -5.96. The minimum Gasteiger partial charge on any atom is -0.463 e. The van der Waals surface area contributed by atoms with Crippen LogP contribution < -0.4 is 0 Å². The van der Waals surface area contributed by atoms with Crippen molar-refractivity contribution in [2.45, 2.75) is 58.3 Å². The van der Waals surface area contributed by atoms with E-state index >= 15 is 0 Å². The van der Waals surface area contributed by atoms with Crippen LogP contribution in [0.4, 0.5) is 0 Å². The van der Waals surface area contributed by atoms with Crippen molar-refractivity contribution in [2.24, 2.45) is 4.99 Å². The molecule has 0 saturated carbocycles. The molecule has 10 nitrogen and oxygen atoms in total. The van der Waals surface area contributed by atoms with Gasteiger partial charge in [-0.1, -0.05) is 0 Å². The number of rotatable bonds is 6. The maximum Gasteiger partial charge on any atom is 0.303 e. The van der Waals surface area contributed by atoms with Crippen LogP contribution in [0.3, 0.4) is 0 Å². The normalized spacial score (nSPS) is 27.5. The zero-order valence-electron chi connectivity index (χ0n) is 14.6. The molecule has 0 N–H and O–H groups in total. The lowest BCUT2D eigenvalue weighted by Gasteiger charge is -2.42. The van der Waals surface area contributed by atoms with E-state index in [0.717, 1.165) is 20.8 Å². The molecule has 0 spiro atoms. The average Bonchev–Trinajstić information content (AvgIpc) is 2.50. The molecule has 0 aliphatic carbocycles. The number of ether oxygens (including phenoxy) is 5. The summed E-state index contributed by atoms with van der Waals surface area (Å²) in [5.74, 6) is -2.74. The molecule has 1 aliphatic heterocycles. The third-order valence-electron chi connectivity index (χ3n) is 3.15. The number of carbonyl (C=O) groups excluding carboxylic acids is 4. The number of hydrogen-bond donors (Lipinski definition) is 0. The highest BCUT2D eigenvalue weighted by atomic mass is 32.1. The average molecular weight is 389 g/mol. The quantitative estimate of drug-likeness (QED) is 0.268. The van der Waals surface area contributed by atoms with Crippen molar-refractivity contribution >= 4 is 41.3 Å². The summed E-state index contributed by atoms with van der Waals surface area (Å²) in [5, 5.41) is 2.09. The maximum absolute atomic E-state index is 11.5. The number of nitrogens with zero attached hydrogens (tertiary/aromatic N) is 1. The molecule has 11 heteroatoms. The zero-order valence-corrected chi connectivity index (χ0v) is 15.4. The van der Waals surface area contributed by atoms with Gasteiger partial charge >= 0.3 is 23.9 Å². The Hall–Kier alpha value is -2.36. The first-order valence-corrected chi connectivity index (χ1v) is 7.94. The van der Waals surface area contributed by atoms with E-state index in [-0.39, 0.29) is 6.61 Å². The van der Waals surface area contributed by atoms with E-state index in [9.17, 15) is 19.2 Å². The first kappa shape index (κ1) is 21.7. The van der Waals surface area contributed by atoms with Gasteiger partial charge in [0.05, 0.1) is 5.16 Å². The summed E-state index contributed by atoms with van der Waals surface area (Å²) in [7, 11) is 0. The standard InChI is InChI=1S/C15H19NO9S/c1-7(17)21-5-11-12(22-8(2)18)13(23-9(3)19)14(24-10(4)20)15(25-11)16-6-26/h11-15H,5H2,1-4H3/t11-,12+,13+,14+,15-/m1/s1. The Morgan fingerprint density at radius 3 is 1.85 bits per heavy atom. The number of aliphatic imine (C=N–C) groups is 1. The lowest BCUT2D eigenvalue weighted by Crippen LogP contribution is -2.61. The minimum absolute atomic E-state index is 0.318. The zero-order chi connectivity index (χ0) is 19.9. The van der Waals surface area contributed by atoms with E-state index in [1.54, 1.807) is 0 Å². The third-order valence-corrected chi connectivity index (χ3v) is 3.25. The molecule has 144 valence electrons. The monoisotopic (exact) mass is 389 g/mol. The van der Waals surface area contributed by atoms with Gasteiger partial charge in [0.2, 0.25) is 0 Å². The first-order chi connectivity index (χ1) is 12.1. The Bertz CT molecular complexity index is 616. The van der Waals surface area contributed by atoms with Gasteiger partial charge in [-0.3, -0.25) is 19.2 Å². The summed E-state index contributed by atoms with van der Waals surface area (Å²) >= 11 is 4.55. The van der Waals surface area contributed by atoms with Gasteiger partial charge in [0, 0.05) is 27.7 Å². The summed E-state index contributed by atoms with van der Waals surface area (Å²) in [4.78, 5) is 49.3.